The van der Waals surface area contributed by atoms with Crippen molar-refractivity contribution in [2.75, 3.05) is 13.2 Å². The molecule has 1 N–H and O–H groups in total. The molecule has 0 bridgehead atoms. The molecule has 2 rings (SSSR count). The van der Waals surface area contributed by atoms with E-state index in [1.54, 1.807) is 5.57 Å². The zero-order chi connectivity index (χ0) is 13.9. The average Bonchev–Trinajstić information content (AvgIpc) is 2.84. The molecule has 110 valence electrons. The predicted octanol–water partition coefficient (Wildman–Crippen LogP) is 3.92. The first-order valence-electron chi connectivity index (χ1n) is 8.03. The van der Waals surface area contributed by atoms with E-state index in [1.807, 2.05) is 0 Å². The Hall–Kier alpha value is -0.340. The second kappa shape index (κ2) is 6.41. The average molecular weight is 265 g/mol. The Morgan fingerprint density at radius 3 is 2.79 bits per heavy atom. The fourth-order valence-corrected chi connectivity index (χ4v) is 3.19. The Morgan fingerprint density at radius 2 is 2.21 bits per heavy atom. The van der Waals surface area contributed by atoms with E-state index in [-0.39, 0.29) is 0 Å². The van der Waals surface area contributed by atoms with Crippen LogP contribution in [0.5, 0.6) is 0 Å². The molecule has 0 spiro atoms. The Balaban J connectivity index is 1.65. The highest BCUT2D eigenvalue weighted by Gasteiger charge is 2.48. The maximum atomic E-state index is 6.01. The van der Waals surface area contributed by atoms with Crippen molar-refractivity contribution in [2.45, 2.75) is 71.9 Å². The Morgan fingerprint density at radius 1 is 1.42 bits per heavy atom. The minimum absolute atomic E-state index is 0.291. The van der Waals surface area contributed by atoms with Crippen molar-refractivity contribution in [2.24, 2.45) is 11.3 Å². The highest BCUT2D eigenvalue weighted by molar-refractivity contribution is 5.08. The van der Waals surface area contributed by atoms with Crippen LogP contribution in [0.15, 0.2) is 11.6 Å². The van der Waals surface area contributed by atoms with E-state index in [4.69, 9.17) is 4.74 Å². The van der Waals surface area contributed by atoms with Crippen LogP contribution < -0.4 is 5.32 Å². The summed E-state index contributed by atoms with van der Waals surface area (Å²) >= 11 is 0. The van der Waals surface area contributed by atoms with Gasteiger partial charge in [-0.05, 0) is 44.6 Å². The summed E-state index contributed by atoms with van der Waals surface area (Å²) in [6.45, 7) is 11.2. The van der Waals surface area contributed by atoms with Gasteiger partial charge in [0.2, 0.25) is 0 Å². The molecule has 1 fully saturated rings. The summed E-state index contributed by atoms with van der Waals surface area (Å²) in [6, 6.07) is 0.631. The molecule has 0 radical (unpaired) electrons. The van der Waals surface area contributed by atoms with Crippen molar-refractivity contribution < 1.29 is 4.74 Å². The zero-order valence-electron chi connectivity index (χ0n) is 13.2. The molecule has 0 saturated heterocycles. The van der Waals surface area contributed by atoms with Crippen molar-refractivity contribution in [3.63, 3.8) is 0 Å². The number of rotatable bonds is 7. The van der Waals surface area contributed by atoms with Crippen molar-refractivity contribution in [3.05, 3.63) is 11.6 Å². The van der Waals surface area contributed by atoms with Crippen LogP contribution in [0.1, 0.15) is 59.8 Å². The second-order valence-corrected chi connectivity index (χ2v) is 7.28. The molecule has 0 aromatic rings. The minimum Gasteiger partial charge on any atom is -0.377 e. The van der Waals surface area contributed by atoms with Crippen LogP contribution in [-0.4, -0.2) is 25.3 Å². The summed E-state index contributed by atoms with van der Waals surface area (Å²) in [4.78, 5) is 0. The van der Waals surface area contributed by atoms with Gasteiger partial charge in [0.15, 0.2) is 0 Å². The molecule has 19 heavy (non-hydrogen) atoms. The fourth-order valence-electron chi connectivity index (χ4n) is 3.19. The van der Waals surface area contributed by atoms with Gasteiger partial charge in [-0.1, -0.05) is 39.3 Å². The third-order valence-corrected chi connectivity index (χ3v) is 4.78. The SMILES string of the molecule is CC(C)COC1CC(NCCC2=CCCC2)C1(C)C. The van der Waals surface area contributed by atoms with Crippen LogP contribution in [0.25, 0.3) is 0 Å². The van der Waals surface area contributed by atoms with Crippen LogP contribution in [0.3, 0.4) is 0 Å². The molecule has 2 atom stereocenters. The minimum atomic E-state index is 0.291. The molecular formula is C17H31NO. The molecule has 0 aromatic carbocycles. The van der Waals surface area contributed by atoms with E-state index in [0.717, 1.165) is 13.2 Å². The molecule has 0 aromatic heterocycles. The maximum absolute atomic E-state index is 6.01. The van der Waals surface area contributed by atoms with E-state index >= 15 is 0 Å². The van der Waals surface area contributed by atoms with Gasteiger partial charge in [0.1, 0.15) is 0 Å². The number of nitrogens with one attached hydrogen (secondary N) is 1. The number of hydrogen-bond donors (Lipinski definition) is 1. The molecule has 0 amide bonds. The molecule has 2 aliphatic carbocycles. The lowest BCUT2D eigenvalue weighted by molar-refractivity contribution is -0.123. The first kappa shape index (κ1) is 15.1. The Bertz CT molecular complexity index is 319. The van der Waals surface area contributed by atoms with Gasteiger partial charge < -0.3 is 10.1 Å². The fraction of sp³-hybridized carbons (Fsp3) is 0.882. The second-order valence-electron chi connectivity index (χ2n) is 7.28. The zero-order valence-corrected chi connectivity index (χ0v) is 13.2. The van der Waals surface area contributed by atoms with Gasteiger partial charge in [-0.2, -0.15) is 0 Å². The molecule has 0 heterocycles. The van der Waals surface area contributed by atoms with Gasteiger partial charge in [-0.15, -0.1) is 0 Å². The Kier molecular flexibility index (Phi) is 5.08. The van der Waals surface area contributed by atoms with Crippen molar-refractivity contribution in [1.29, 1.82) is 0 Å². The van der Waals surface area contributed by atoms with Crippen LogP contribution in [-0.2, 0) is 4.74 Å². The summed E-state index contributed by atoms with van der Waals surface area (Å²) in [6.07, 6.45) is 9.30. The van der Waals surface area contributed by atoms with Crippen LogP contribution in [0.2, 0.25) is 0 Å². The van der Waals surface area contributed by atoms with Gasteiger partial charge in [-0.25, -0.2) is 0 Å². The lowest BCUT2D eigenvalue weighted by Gasteiger charge is -2.52. The summed E-state index contributed by atoms with van der Waals surface area (Å²) < 4.78 is 6.01. The molecular weight excluding hydrogens is 234 g/mol. The summed E-state index contributed by atoms with van der Waals surface area (Å²) in [5.74, 6) is 0.636. The van der Waals surface area contributed by atoms with E-state index in [0.29, 0.717) is 23.5 Å². The van der Waals surface area contributed by atoms with Crippen LogP contribution in [0.4, 0.5) is 0 Å². The Labute approximate surface area is 119 Å². The summed E-state index contributed by atoms with van der Waals surface area (Å²) in [7, 11) is 0. The van der Waals surface area contributed by atoms with Crippen molar-refractivity contribution in [1.82, 2.24) is 5.32 Å². The van der Waals surface area contributed by atoms with Crippen LogP contribution >= 0.6 is 0 Å². The monoisotopic (exact) mass is 265 g/mol. The smallest absolute Gasteiger partial charge is 0.0656 e. The first-order chi connectivity index (χ1) is 9.00. The normalized spacial score (nSPS) is 29.4. The van der Waals surface area contributed by atoms with Gasteiger partial charge >= 0.3 is 0 Å². The maximum Gasteiger partial charge on any atom is 0.0656 e. The van der Waals surface area contributed by atoms with Gasteiger partial charge in [0.05, 0.1) is 6.10 Å². The third-order valence-electron chi connectivity index (χ3n) is 4.78. The highest BCUT2D eigenvalue weighted by Crippen LogP contribution is 2.43. The number of hydrogen-bond acceptors (Lipinski definition) is 2. The first-order valence-corrected chi connectivity index (χ1v) is 8.03. The van der Waals surface area contributed by atoms with Crippen molar-refractivity contribution in [3.8, 4) is 0 Å². The standard InChI is InChI=1S/C17H31NO/c1-13(2)12-19-16-11-15(17(16,3)4)18-10-9-14-7-5-6-8-14/h7,13,15-16,18H,5-6,8-12H2,1-4H3. The molecule has 0 aliphatic heterocycles. The van der Waals surface area contributed by atoms with E-state index in [1.165, 1.54) is 32.1 Å². The largest absolute Gasteiger partial charge is 0.377 e. The van der Waals surface area contributed by atoms with E-state index < -0.39 is 0 Å². The van der Waals surface area contributed by atoms with Gasteiger partial charge in [0.25, 0.3) is 0 Å². The predicted molar refractivity (Wildman–Crippen MR) is 81.3 cm³/mol. The quantitative estimate of drug-likeness (QED) is 0.705. The molecule has 1 saturated carbocycles. The third kappa shape index (κ3) is 3.82. The molecule has 2 nitrogen and oxygen atoms in total. The van der Waals surface area contributed by atoms with Crippen molar-refractivity contribution >= 4 is 0 Å². The number of ether oxygens (including phenoxy) is 1. The molecule has 2 heteroatoms. The topological polar surface area (TPSA) is 21.3 Å². The lowest BCUT2D eigenvalue weighted by atomic mass is 9.64. The van der Waals surface area contributed by atoms with E-state index in [9.17, 15) is 0 Å². The highest BCUT2D eigenvalue weighted by atomic mass is 16.5. The van der Waals surface area contributed by atoms with Gasteiger partial charge in [0, 0.05) is 18.1 Å². The molecule has 2 aliphatic rings. The van der Waals surface area contributed by atoms with E-state index in [2.05, 4.69) is 39.1 Å². The number of allylic oxidation sites excluding steroid dienone is 1. The van der Waals surface area contributed by atoms with Crippen LogP contribution in [0, 0.1) is 11.3 Å². The molecule has 2 unspecified atom stereocenters. The summed E-state index contributed by atoms with van der Waals surface area (Å²) in [5, 5.41) is 3.73. The van der Waals surface area contributed by atoms with Gasteiger partial charge in [-0.3, -0.25) is 0 Å². The lowest BCUT2D eigenvalue weighted by Crippen LogP contribution is -2.61. The summed E-state index contributed by atoms with van der Waals surface area (Å²) in [5.41, 5.74) is 1.95.